The molecule has 0 atom stereocenters. The maximum Gasteiger partial charge on any atom is 0.310 e. The third-order valence-corrected chi connectivity index (χ3v) is 2.40. The SMILES string of the molecule is N#Cc1cccc(N2CC(C(=O)O)C2)n1. The molecule has 0 spiro atoms. The maximum absolute atomic E-state index is 10.6. The van der Waals surface area contributed by atoms with E-state index >= 15 is 0 Å². The molecule has 1 aromatic rings. The van der Waals surface area contributed by atoms with Crippen LogP contribution < -0.4 is 4.90 Å². The van der Waals surface area contributed by atoms with Crippen molar-refractivity contribution in [3.63, 3.8) is 0 Å². The zero-order chi connectivity index (χ0) is 10.8. The van der Waals surface area contributed by atoms with Gasteiger partial charge in [-0.3, -0.25) is 4.79 Å². The summed E-state index contributed by atoms with van der Waals surface area (Å²) in [6, 6.07) is 7.09. The van der Waals surface area contributed by atoms with E-state index in [2.05, 4.69) is 4.98 Å². The lowest BCUT2D eigenvalue weighted by molar-refractivity contribution is -0.142. The zero-order valence-electron chi connectivity index (χ0n) is 7.92. The largest absolute Gasteiger partial charge is 0.481 e. The number of pyridine rings is 1. The normalized spacial score (nSPS) is 15.5. The van der Waals surface area contributed by atoms with E-state index in [1.54, 1.807) is 18.2 Å². The second-order valence-electron chi connectivity index (χ2n) is 3.43. The highest BCUT2D eigenvalue weighted by atomic mass is 16.4. The van der Waals surface area contributed by atoms with E-state index in [0.29, 0.717) is 24.6 Å². The van der Waals surface area contributed by atoms with Crippen LogP contribution in [-0.2, 0) is 4.79 Å². The Morgan fingerprint density at radius 2 is 2.33 bits per heavy atom. The zero-order valence-corrected chi connectivity index (χ0v) is 7.92. The Bertz CT molecular complexity index is 433. The summed E-state index contributed by atoms with van der Waals surface area (Å²) in [5.74, 6) is -0.410. The van der Waals surface area contributed by atoms with E-state index in [-0.39, 0.29) is 5.92 Å². The van der Waals surface area contributed by atoms with Crippen molar-refractivity contribution in [1.29, 1.82) is 5.26 Å². The average Bonchev–Trinajstić information content (AvgIpc) is 2.15. The molecule has 1 aliphatic heterocycles. The van der Waals surface area contributed by atoms with E-state index in [9.17, 15) is 4.79 Å². The molecule has 1 aliphatic rings. The van der Waals surface area contributed by atoms with E-state index in [1.807, 2.05) is 11.0 Å². The highest BCUT2D eigenvalue weighted by Crippen LogP contribution is 2.22. The van der Waals surface area contributed by atoms with Gasteiger partial charge in [0.25, 0.3) is 0 Å². The molecule has 0 radical (unpaired) electrons. The van der Waals surface area contributed by atoms with Crippen molar-refractivity contribution in [2.24, 2.45) is 5.92 Å². The van der Waals surface area contributed by atoms with Gasteiger partial charge >= 0.3 is 5.97 Å². The number of rotatable bonds is 2. The van der Waals surface area contributed by atoms with Crippen molar-refractivity contribution < 1.29 is 9.90 Å². The van der Waals surface area contributed by atoms with Crippen LogP contribution in [0.25, 0.3) is 0 Å². The molecule has 0 aromatic carbocycles. The first-order valence-electron chi connectivity index (χ1n) is 4.55. The average molecular weight is 203 g/mol. The van der Waals surface area contributed by atoms with E-state index in [1.165, 1.54) is 0 Å². The first-order chi connectivity index (χ1) is 7.20. The van der Waals surface area contributed by atoms with Gasteiger partial charge in [-0.1, -0.05) is 6.07 Å². The summed E-state index contributed by atoms with van der Waals surface area (Å²) in [4.78, 5) is 16.5. The van der Waals surface area contributed by atoms with Crippen LogP contribution in [0.1, 0.15) is 5.69 Å². The molecule has 1 N–H and O–H groups in total. The molecule has 0 unspecified atom stereocenters. The van der Waals surface area contributed by atoms with Gasteiger partial charge in [0.2, 0.25) is 0 Å². The minimum absolute atomic E-state index is 0.308. The second kappa shape index (κ2) is 3.58. The van der Waals surface area contributed by atoms with Crippen LogP contribution in [0, 0.1) is 17.2 Å². The summed E-state index contributed by atoms with van der Waals surface area (Å²) in [5.41, 5.74) is 0.353. The number of carboxylic acids is 1. The summed E-state index contributed by atoms with van der Waals surface area (Å²) in [5, 5.41) is 17.3. The third-order valence-electron chi connectivity index (χ3n) is 2.40. The molecule has 0 saturated carbocycles. The number of aliphatic carboxylic acids is 1. The lowest BCUT2D eigenvalue weighted by Gasteiger charge is -2.37. The fourth-order valence-corrected chi connectivity index (χ4v) is 1.48. The van der Waals surface area contributed by atoms with Gasteiger partial charge in [0.05, 0.1) is 5.92 Å². The molecule has 2 heterocycles. The van der Waals surface area contributed by atoms with Gasteiger partial charge in [-0.25, -0.2) is 4.98 Å². The van der Waals surface area contributed by atoms with Crippen LogP contribution in [0.4, 0.5) is 5.82 Å². The van der Waals surface area contributed by atoms with Crippen LogP contribution in [-0.4, -0.2) is 29.1 Å². The van der Waals surface area contributed by atoms with Gasteiger partial charge in [-0.2, -0.15) is 5.26 Å². The second-order valence-corrected chi connectivity index (χ2v) is 3.43. The topological polar surface area (TPSA) is 77.2 Å². The Hall–Kier alpha value is -2.09. The smallest absolute Gasteiger partial charge is 0.310 e. The van der Waals surface area contributed by atoms with Crippen LogP contribution >= 0.6 is 0 Å². The molecule has 1 aromatic heterocycles. The predicted octanol–water partition coefficient (Wildman–Crippen LogP) is 0.474. The predicted molar refractivity (Wildman–Crippen MR) is 52.3 cm³/mol. The van der Waals surface area contributed by atoms with Crippen LogP contribution in [0.5, 0.6) is 0 Å². The quantitative estimate of drug-likeness (QED) is 0.756. The number of carbonyl (C=O) groups is 1. The van der Waals surface area contributed by atoms with Crippen molar-refractivity contribution in [2.45, 2.75) is 0 Å². The summed E-state index contributed by atoms with van der Waals surface area (Å²) >= 11 is 0. The van der Waals surface area contributed by atoms with Crippen molar-refractivity contribution in [3.8, 4) is 6.07 Å². The molecule has 1 fully saturated rings. The Balaban J connectivity index is 2.07. The maximum atomic E-state index is 10.6. The molecule has 5 heteroatoms. The molecule has 0 bridgehead atoms. The van der Waals surface area contributed by atoms with Crippen LogP contribution in [0.2, 0.25) is 0 Å². The highest BCUT2D eigenvalue weighted by Gasteiger charge is 2.33. The Morgan fingerprint density at radius 3 is 2.93 bits per heavy atom. The summed E-state index contributed by atoms with van der Waals surface area (Å²) < 4.78 is 0. The van der Waals surface area contributed by atoms with Crippen LogP contribution in [0.15, 0.2) is 18.2 Å². The molecule has 1 saturated heterocycles. The molecule has 2 rings (SSSR count). The minimum atomic E-state index is -0.775. The van der Waals surface area contributed by atoms with Crippen molar-refractivity contribution >= 4 is 11.8 Å². The Kier molecular flexibility index (Phi) is 2.26. The van der Waals surface area contributed by atoms with E-state index < -0.39 is 5.97 Å². The first-order valence-corrected chi connectivity index (χ1v) is 4.55. The molecular formula is C10H9N3O2. The van der Waals surface area contributed by atoms with Gasteiger partial charge < -0.3 is 10.0 Å². The lowest BCUT2D eigenvalue weighted by Crippen LogP contribution is -2.50. The number of hydrogen-bond acceptors (Lipinski definition) is 4. The van der Waals surface area contributed by atoms with Gasteiger partial charge in [0, 0.05) is 13.1 Å². The number of carboxylic acid groups (broad SMARTS) is 1. The Morgan fingerprint density at radius 1 is 1.60 bits per heavy atom. The number of anilines is 1. The molecule has 5 nitrogen and oxygen atoms in total. The fourth-order valence-electron chi connectivity index (χ4n) is 1.48. The van der Waals surface area contributed by atoms with Gasteiger partial charge in [-0.05, 0) is 12.1 Å². The summed E-state index contributed by atoms with van der Waals surface area (Å²) in [6.45, 7) is 0.939. The molecule has 0 amide bonds. The number of nitrogens with zero attached hydrogens (tertiary/aromatic N) is 3. The fraction of sp³-hybridized carbons (Fsp3) is 0.300. The number of nitriles is 1. The number of hydrogen-bond donors (Lipinski definition) is 1. The molecular weight excluding hydrogens is 194 g/mol. The van der Waals surface area contributed by atoms with Crippen LogP contribution in [0.3, 0.4) is 0 Å². The minimum Gasteiger partial charge on any atom is -0.481 e. The standard InChI is InChI=1S/C10H9N3O2/c11-4-8-2-1-3-9(12-8)13-5-7(6-13)10(14)15/h1-3,7H,5-6H2,(H,14,15). The lowest BCUT2D eigenvalue weighted by atomic mass is 10.0. The molecule has 15 heavy (non-hydrogen) atoms. The number of aromatic nitrogens is 1. The highest BCUT2D eigenvalue weighted by molar-refractivity contribution is 5.74. The summed E-state index contributed by atoms with van der Waals surface area (Å²) in [7, 11) is 0. The molecule has 0 aliphatic carbocycles. The monoisotopic (exact) mass is 203 g/mol. The van der Waals surface area contributed by atoms with Gasteiger partial charge in [0.1, 0.15) is 17.6 Å². The van der Waals surface area contributed by atoms with E-state index in [0.717, 1.165) is 0 Å². The third kappa shape index (κ3) is 1.74. The van der Waals surface area contributed by atoms with E-state index in [4.69, 9.17) is 10.4 Å². The van der Waals surface area contributed by atoms with Gasteiger partial charge in [-0.15, -0.1) is 0 Å². The van der Waals surface area contributed by atoms with Gasteiger partial charge in [0.15, 0.2) is 0 Å². The van der Waals surface area contributed by atoms with Crippen molar-refractivity contribution in [2.75, 3.05) is 18.0 Å². The summed E-state index contributed by atoms with van der Waals surface area (Å²) in [6.07, 6.45) is 0. The first kappa shape index (κ1) is 9.46. The van der Waals surface area contributed by atoms with Crippen molar-refractivity contribution in [1.82, 2.24) is 4.98 Å². The molecule has 76 valence electrons. The Labute approximate surface area is 86.6 Å². The van der Waals surface area contributed by atoms with Crippen molar-refractivity contribution in [3.05, 3.63) is 23.9 Å².